The Labute approximate surface area is 199 Å². The Balaban J connectivity index is 1.33. The summed E-state index contributed by atoms with van der Waals surface area (Å²) in [5.41, 5.74) is 3.34. The summed E-state index contributed by atoms with van der Waals surface area (Å²) in [7, 11) is 0. The van der Waals surface area contributed by atoms with Crippen LogP contribution in [0.1, 0.15) is 39.0 Å². The van der Waals surface area contributed by atoms with E-state index in [4.69, 9.17) is 4.74 Å². The van der Waals surface area contributed by atoms with Crippen LogP contribution in [0, 0.1) is 13.8 Å². The van der Waals surface area contributed by atoms with E-state index in [1.54, 1.807) is 13.8 Å². The van der Waals surface area contributed by atoms with Gasteiger partial charge in [0.05, 0.1) is 11.4 Å². The normalized spacial score (nSPS) is 10.8. The molecule has 7 nitrogen and oxygen atoms in total. The highest BCUT2D eigenvalue weighted by atomic mass is 32.2. The molecule has 0 atom stereocenters. The van der Waals surface area contributed by atoms with Gasteiger partial charge in [-0.3, -0.25) is 9.59 Å². The highest BCUT2D eigenvalue weighted by Gasteiger charge is 2.20. The van der Waals surface area contributed by atoms with Crippen LogP contribution in [0.4, 0.5) is 10.8 Å². The molecule has 9 heteroatoms. The third kappa shape index (κ3) is 5.50. The third-order valence-corrected chi connectivity index (χ3v) is 6.86. The van der Waals surface area contributed by atoms with E-state index in [0.717, 1.165) is 22.9 Å². The number of benzene rings is 2. The lowest BCUT2D eigenvalue weighted by atomic mass is 10.1. The van der Waals surface area contributed by atoms with E-state index in [1.807, 2.05) is 54.6 Å². The van der Waals surface area contributed by atoms with Gasteiger partial charge in [-0.1, -0.05) is 41.3 Å². The average Bonchev–Trinajstić information content (AvgIpc) is 3.37. The number of carbonyl (C=O) groups excluding carboxylic acids is 2. The van der Waals surface area contributed by atoms with Gasteiger partial charge in [-0.25, -0.2) is 0 Å². The van der Waals surface area contributed by atoms with Gasteiger partial charge in [0.25, 0.3) is 0 Å². The molecule has 0 aliphatic rings. The van der Waals surface area contributed by atoms with Gasteiger partial charge >= 0.3 is 0 Å². The molecule has 0 fully saturated rings. The fourth-order valence-electron chi connectivity index (χ4n) is 3.43. The number of H-pyrrole nitrogens is 1. The van der Waals surface area contributed by atoms with Gasteiger partial charge in [0.2, 0.25) is 5.13 Å². The number of aryl methyl sites for hydroxylation is 1. The van der Waals surface area contributed by atoms with Crippen molar-refractivity contribution in [3.63, 3.8) is 0 Å². The van der Waals surface area contributed by atoms with Crippen molar-refractivity contribution in [2.75, 3.05) is 11.1 Å². The fourth-order valence-corrected chi connectivity index (χ4v) is 5.07. The van der Waals surface area contributed by atoms with Crippen LogP contribution in [0.25, 0.3) is 0 Å². The minimum Gasteiger partial charge on any atom is -0.457 e. The van der Waals surface area contributed by atoms with Crippen molar-refractivity contribution in [3.8, 4) is 11.5 Å². The van der Waals surface area contributed by atoms with E-state index in [1.165, 1.54) is 30.0 Å². The van der Waals surface area contributed by atoms with Gasteiger partial charge in [-0.05, 0) is 62.7 Å². The number of para-hydroxylation sites is 1. The van der Waals surface area contributed by atoms with E-state index >= 15 is 0 Å². The molecule has 2 aromatic carbocycles. The number of anilines is 2. The van der Waals surface area contributed by atoms with Crippen molar-refractivity contribution in [2.45, 2.75) is 25.1 Å². The first-order chi connectivity index (χ1) is 15.9. The number of thioether (sulfide) groups is 1. The van der Waals surface area contributed by atoms with Crippen LogP contribution in [-0.4, -0.2) is 32.5 Å². The lowest BCUT2D eigenvalue weighted by Crippen LogP contribution is -2.05. The van der Waals surface area contributed by atoms with Gasteiger partial charge in [0, 0.05) is 16.9 Å². The molecule has 0 aliphatic heterocycles. The highest BCUT2D eigenvalue weighted by molar-refractivity contribution is 8.01. The monoisotopic (exact) mass is 478 g/mol. The number of ether oxygens (including phenoxy) is 1. The molecular weight excluding hydrogens is 456 g/mol. The van der Waals surface area contributed by atoms with Crippen LogP contribution < -0.4 is 10.1 Å². The Morgan fingerprint density at radius 1 is 1.03 bits per heavy atom. The predicted molar refractivity (Wildman–Crippen MR) is 131 cm³/mol. The molecule has 0 spiro atoms. The number of aromatic nitrogens is 3. The SMILES string of the molecule is CC(=O)c1c(C)[nH]c(C(=O)CSc2nnc(Nc3ccc(Oc4ccccc4)cc3)s2)c1C. The molecule has 0 aliphatic carbocycles. The number of nitrogens with zero attached hydrogens (tertiary/aromatic N) is 2. The van der Waals surface area contributed by atoms with Crippen molar-refractivity contribution in [1.82, 2.24) is 15.2 Å². The lowest BCUT2D eigenvalue weighted by Gasteiger charge is -2.06. The molecule has 0 amide bonds. The van der Waals surface area contributed by atoms with Crippen LogP contribution >= 0.6 is 23.1 Å². The lowest BCUT2D eigenvalue weighted by molar-refractivity contribution is 0.101. The zero-order valence-corrected chi connectivity index (χ0v) is 20.0. The molecule has 2 N–H and O–H groups in total. The van der Waals surface area contributed by atoms with Crippen LogP contribution in [0.15, 0.2) is 58.9 Å². The minimum atomic E-state index is -0.0770. The second kappa shape index (κ2) is 10.0. The highest BCUT2D eigenvalue weighted by Crippen LogP contribution is 2.30. The Kier molecular flexibility index (Phi) is 6.90. The minimum absolute atomic E-state index is 0.0487. The fraction of sp³-hybridized carbons (Fsp3) is 0.167. The Hall–Kier alpha value is -3.43. The van der Waals surface area contributed by atoms with Crippen molar-refractivity contribution in [1.29, 1.82) is 0 Å². The number of ketones is 2. The quantitative estimate of drug-likeness (QED) is 0.218. The van der Waals surface area contributed by atoms with Crippen molar-refractivity contribution in [2.24, 2.45) is 0 Å². The Bertz CT molecular complexity index is 1280. The van der Waals surface area contributed by atoms with Crippen LogP contribution in [0.3, 0.4) is 0 Å². The molecule has 4 aromatic rings. The van der Waals surface area contributed by atoms with Crippen LogP contribution in [0.5, 0.6) is 11.5 Å². The number of aromatic amines is 1. The first kappa shape index (κ1) is 22.8. The largest absolute Gasteiger partial charge is 0.457 e. The van der Waals surface area contributed by atoms with Crippen LogP contribution in [-0.2, 0) is 0 Å². The number of rotatable bonds is 9. The molecule has 0 unspecified atom stereocenters. The topological polar surface area (TPSA) is 97.0 Å². The molecule has 168 valence electrons. The number of hydrogen-bond donors (Lipinski definition) is 2. The first-order valence-corrected chi connectivity index (χ1v) is 12.0. The Morgan fingerprint density at radius 3 is 2.39 bits per heavy atom. The summed E-state index contributed by atoms with van der Waals surface area (Å²) in [4.78, 5) is 27.5. The van der Waals surface area contributed by atoms with Gasteiger partial charge < -0.3 is 15.0 Å². The summed E-state index contributed by atoms with van der Waals surface area (Å²) < 4.78 is 6.48. The standard InChI is InChI=1S/C24H22N4O3S2/c1-14-21(16(3)29)15(2)25-22(14)20(30)13-32-24-28-27-23(33-24)26-17-9-11-19(12-10-17)31-18-7-5-4-6-8-18/h4-12,25H,13H2,1-3H3,(H,26,27). The van der Waals surface area contributed by atoms with Crippen molar-refractivity contribution < 1.29 is 14.3 Å². The average molecular weight is 479 g/mol. The zero-order chi connectivity index (χ0) is 23.4. The maximum absolute atomic E-state index is 12.7. The summed E-state index contributed by atoms with van der Waals surface area (Å²) in [6.07, 6.45) is 0. The Morgan fingerprint density at radius 2 is 1.73 bits per heavy atom. The van der Waals surface area contributed by atoms with Crippen molar-refractivity contribution >= 4 is 45.5 Å². The summed E-state index contributed by atoms with van der Waals surface area (Å²) in [5, 5.41) is 12.2. The predicted octanol–water partition coefficient (Wildman–Crippen LogP) is 6.20. The molecule has 4 rings (SSSR count). The third-order valence-electron chi connectivity index (χ3n) is 4.89. The summed E-state index contributed by atoms with van der Waals surface area (Å²) >= 11 is 2.69. The molecular formula is C24H22N4O3S2. The van der Waals surface area contributed by atoms with E-state index in [9.17, 15) is 9.59 Å². The number of nitrogens with one attached hydrogen (secondary N) is 2. The molecule has 0 bridgehead atoms. The van der Waals surface area contributed by atoms with Crippen molar-refractivity contribution in [3.05, 3.63) is 77.1 Å². The molecule has 2 heterocycles. The maximum atomic E-state index is 12.7. The molecule has 0 saturated heterocycles. The number of hydrogen-bond acceptors (Lipinski definition) is 8. The van der Waals surface area contributed by atoms with Crippen LogP contribution in [0.2, 0.25) is 0 Å². The second-order valence-electron chi connectivity index (χ2n) is 7.33. The number of carbonyl (C=O) groups is 2. The van der Waals surface area contributed by atoms with E-state index in [2.05, 4.69) is 20.5 Å². The number of Topliss-reactive ketones (excluding diaryl/α,β-unsaturated/α-hetero) is 2. The molecule has 2 aromatic heterocycles. The van der Waals surface area contributed by atoms with E-state index in [0.29, 0.717) is 26.3 Å². The summed E-state index contributed by atoms with van der Waals surface area (Å²) in [5.74, 6) is 1.60. The zero-order valence-electron chi connectivity index (χ0n) is 18.3. The summed E-state index contributed by atoms with van der Waals surface area (Å²) in [6.45, 7) is 5.10. The molecule has 0 saturated carbocycles. The van der Waals surface area contributed by atoms with Gasteiger partial charge in [-0.2, -0.15) is 0 Å². The van der Waals surface area contributed by atoms with Gasteiger partial charge in [0.15, 0.2) is 15.9 Å². The summed E-state index contributed by atoms with van der Waals surface area (Å²) in [6, 6.07) is 17.1. The second-order valence-corrected chi connectivity index (χ2v) is 9.53. The maximum Gasteiger partial charge on any atom is 0.210 e. The van der Waals surface area contributed by atoms with E-state index in [-0.39, 0.29) is 17.3 Å². The van der Waals surface area contributed by atoms with Gasteiger partial charge in [0.1, 0.15) is 11.5 Å². The first-order valence-electron chi connectivity index (χ1n) is 10.2. The van der Waals surface area contributed by atoms with E-state index < -0.39 is 0 Å². The smallest absolute Gasteiger partial charge is 0.210 e. The molecule has 33 heavy (non-hydrogen) atoms. The molecule has 0 radical (unpaired) electrons. The van der Waals surface area contributed by atoms with Gasteiger partial charge in [-0.15, -0.1) is 10.2 Å².